The van der Waals surface area contributed by atoms with Gasteiger partial charge in [-0.3, -0.25) is 4.68 Å². The molecule has 2 rings (SSSR count). The predicted molar refractivity (Wildman–Crippen MR) is 61.7 cm³/mol. The number of nitrogens with one attached hydrogen (secondary N) is 1. The highest BCUT2D eigenvalue weighted by atomic mass is 16.5. The maximum absolute atomic E-state index is 5.28. The van der Waals surface area contributed by atoms with Crippen LogP contribution in [0.1, 0.15) is 6.92 Å². The average molecular weight is 234 g/mol. The summed E-state index contributed by atoms with van der Waals surface area (Å²) in [4.78, 5) is 8.08. The summed E-state index contributed by atoms with van der Waals surface area (Å²) in [5, 5.41) is 10.8. The van der Waals surface area contributed by atoms with Crippen molar-refractivity contribution in [1.29, 1.82) is 0 Å². The summed E-state index contributed by atoms with van der Waals surface area (Å²) in [6.07, 6.45) is 4.94. The van der Waals surface area contributed by atoms with Crippen molar-refractivity contribution in [1.82, 2.24) is 25.0 Å². The number of nitrogens with zero attached hydrogens (tertiary/aromatic N) is 5. The van der Waals surface area contributed by atoms with E-state index in [9.17, 15) is 0 Å². The van der Waals surface area contributed by atoms with Crippen LogP contribution >= 0.6 is 0 Å². The molecule has 0 unspecified atom stereocenters. The van der Waals surface area contributed by atoms with Gasteiger partial charge in [-0.25, -0.2) is 9.97 Å². The number of hydrogen-bond acceptors (Lipinski definition) is 6. The molecule has 7 nitrogen and oxygen atoms in total. The van der Waals surface area contributed by atoms with Gasteiger partial charge in [0.25, 0.3) is 0 Å². The van der Waals surface area contributed by atoms with E-state index in [4.69, 9.17) is 4.74 Å². The van der Waals surface area contributed by atoms with Gasteiger partial charge in [-0.1, -0.05) is 5.21 Å². The zero-order valence-corrected chi connectivity index (χ0v) is 9.58. The fourth-order valence-electron chi connectivity index (χ4n) is 1.31. The van der Waals surface area contributed by atoms with Crippen molar-refractivity contribution >= 4 is 5.82 Å². The summed E-state index contributed by atoms with van der Waals surface area (Å²) >= 11 is 0. The smallest absolute Gasteiger partial charge is 0.218 e. The average Bonchev–Trinajstić information content (AvgIpc) is 2.83. The molecule has 2 heterocycles. The molecule has 2 aromatic rings. The van der Waals surface area contributed by atoms with Gasteiger partial charge >= 0.3 is 0 Å². The molecule has 7 heteroatoms. The molecule has 90 valence electrons. The Bertz CT molecular complexity index is 444. The van der Waals surface area contributed by atoms with Crippen molar-refractivity contribution < 1.29 is 4.74 Å². The number of anilines is 1. The first-order valence-electron chi connectivity index (χ1n) is 5.41. The topological polar surface area (TPSA) is 77.8 Å². The molecule has 0 aromatic carbocycles. The fourth-order valence-corrected chi connectivity index (χ4v) is 1.31. The van der Waals surface area contributed by atoms with Crippen LogP contribution < -0.4 is 10.1 Å². The zero-order chi connectivity index (χ0) is 11.9. The minimum Gasteiger partial charge on any atom is -0.478 e. The van der Waals surface area contributed by atoms with E-state index in [1.165, 1.54) is 6.33 Å². The molecular weight excluding hydrogens is 220 g/mol. The van der Waals surface area contributed by atoms with Crippen molar-refractivity contribution in [3.8, 4) is 5.88 Å². The summed E-state index contributed by atoms with van der Waals surface area (Å²) in [6, 6.07) is 1.77. The van der Waals surface area contributed by atoms with Crippen molar-refractivity contribution in [2.24, 2.45) is 0 Å². The first kappa shape index (κ1) is 11.3. The van der Waals surface area contributed by atoms with Crippen LogP contribution in [0.25, 0.3) is 0 Å². The molecule has 0 aliphatic rings. The van der Waals surface area contributed by atoms with E-state index in [0.717, 1.165) is 12.4 Å². The summed E-state index contributed by atoms with van der Waals surface area (Å²) in [5.41, 5.74) is 0. The first-order chi connectivity index (χ1) is 8.38. The molecule has 1 N–H and O–H groups in total. The Labute approximate surface area is 98.8 Å². The van der Waals surface area contributed by atoms with Gasteiger partial charge in [0.05, 0.1) is 19.3 Å². The summed E-state index contributed by atoms with van der Waals surface area (Å²) in [5.74, 6) is 1.31. The lowest BCUT2D eigenvalue weighted by molar-refractivity contribution is 0.326. The van der Waals surface area contributed by atoms with Gasteiger partial charge < -0.3 is 10.1 Å². The van der Waals surface area contributed by atoms with Gasteiger partial charge in [0.15, 0.2) is 0 Å². The largest absolute Gasteiger partial charge is 0.478 e. The van der Waals surface area contributed by atoms with E-state index >= 15 is 0 Å². The van der Waals surface area contributed by atoms with E-state index in [0.29, 0.717) is 19.0 Å². The van der Waals surface area contributed by atoms with Crippen LogP contribution in [0, 0.1) is 0 Å². The third-order valence-corrected chi connectivity index (χ3v) is 2.05. The quantitative estimate of drug-likeness (QED) is 0.787. The molecule has 0 amide bonds. The van der Waals surface area contributed by atoms with Crippen molar-refractivity contribution in [3.05, 3.63) is 24.8 Å². The highest BCUT2D eigenvalue weighted by molar-refractivity contribution is 5.36. The molecule has 0 fully saturated rings. The zero-order valence-electron chi connectivity index (χ0n) is 9.58. The second-order valence-corrected chi connectivity index (χ2v) is 3.27. The second-order valence-electron chi connectivity index (χ2n) is 3.27. The third-order valence-electron chi connectivity index (χ3n) is 2.05. The first-order valence-corrected chi connectivity index (χ1v) is 5.41. The maximum Gasteiger partial charge on any atom is 0.218 e. The molecule has 2 aromatic heterocycles. The maximum atomic E-state index is 5.28. The Morgan fingerprint density at radius 1 is 1.41 bits per heavy atom. The molecule has 0 saturated heterocycles. The van der Waals surface area contributed by atoms with Crippen LogP contribution in [0.4, 0.5) is 5.82 Å². The van der Waals surface area contributed by atoms with E-state index in [2.05, 4.69) is 25.6 Å². The number of aromatic nitrogens is 5. The fraction of sp³-hybridized carbons (Fsp3) is 0.400. The Morgan fingerprint density at radius 3 is 3.12 bits per heavy atom. The normalized spacial score (nSPS) is 10.2. The standard InChI is InChI=1S/C10H14N6O/c1-2-17-10-7-9(12-8-13-10)11-3-5-16-6-4-14-15-16/h4,6-8H,2-3,5H2,1H3,(H,11,12,13). The van der Waals surface area contributed by atoms with Gasteiger partial charge in [0.1, 0.15) is 12.1 Å². The number of rotatable bonds is 6. The van der Waals surface area contributed by atoms with Crippen molar-refractivity contribution in [3.63, 3.8) is 0 Å². The molecule has 0 aliphatic carbocycles. The van der Waals surface area contributed by atoms with Crippen LogP contribution in [0.5, 0.6) is 5.88 Å². The highest BCUT2D eigenvalue weighted by Gasteiger charge is 1.98. The molecule has 0 spiro atoms. The SMILES string of the molecule is CCOc1cc(NCCn2ccnn2)ncn1. The van der Waals surface area contributed by atoms with Gasteiger partial charge in [-0.05, 0) is 6.92 Å². The van der Waals surface area contributed by atoms with E-state index < -0.39 is 0 Å². The minimum absolute atomic E-state index is 0.575. The van der Waals surface area contributed by atoms with Gasteiger partial charge in [-0.2, -0.15) is 0 Å². The molecule has 0 radical (unpaired) electrons. The Kier molecular flexibility index (Phi) is 3.85. The van der Waals surface area contributed by atoms with Gasteiger partial charge in [0, 0.05) is 18.8 Å². The lowest BCUT2D eigenvalue weighted by atomic mass is 10.5. The van der Waals surface area contributed by atoms with Crippen molar-refractivity contribution in [2.75, 3.05) is 18.5 Å². The highest BCUT2D eigenvalue weighted by Crippen LogP contribution is 2.10. The Hall–Kier alpha value is -2.18. The van der Waals surface area contributed by atoms with Crippen LogP contribution in [-0.2, 0) is 6.54 Å². The number of ether oxygens (including phenoxy) is 1. The van der Waals surface area contributed by atoms with Crippen molar-refractivity contribution in [2.45, 2.75) is 13.5 Å². The molecule has 0 bridgehead atoms. The lowest BCUT2D eigenvalue weighted by Crippen LogP contribution is -2.12. The summed E-state index contributed by atoms with van der Waals surface area (Å²) in [6.45, 7) is 3.95. The van der Waals surface area contributed by atoms with Crippen LogP contribution in [0.2, 0.25) is 0 Å². The van der Waals surface area contributed by atoms with Crippen LogP contribution in [0.3, 0.4) is 0 Å². The monoisotopic (exact) mass is 234 g/mol. The van der Waals surface area contributed by atoms with Crippen LogP contribution in [0.15, 0.2) is 24.8 Å². The second kappa shape index (κ2) is 5.78. The lowest BCUT2D eigenvalue weighted by Gasteiger charge is -2.06. The number of hydrogen-bond donors (Lipinski definition) is 1. The van der Waals surface area contributed by atoms with Gasteiger partial charge in [-0.15, -0.1) is 5.10 Å². The molecule has 0 aliphatic heterocycles. The predicted octanol–water partition coefficient (Wildman–Crippen LogP) is 0.579. The minimum atomic E-state index is 0.575. The van der Waals surface area contributed by atoms with Gasteiger partial charge in [0.2, 0.25) is 5.88 Å². The van der Waals surface area contributed by atoms with E-state index in [1.54, 1.807) is 16.9 Å². The molecule has 0 atom stereocenters. The summed E-state index contributed by atoms with van der Waals surface area (Å²) in [7, 11) is 0. The third kappa shape index (κ3) is 3.40. The van der Waals surface area contributed by atoms with Crippen LogP contribution in [-0.4, -0.2) is 38.1 Å². The molecule has 0 saturated carbocycles. The Balaban J connectivity index is 1.84. The Morgan fingerprint density at radius 2 is 2.35 bits per heavy atom. The molecule has 17 heavy (non-hydrogen) atoms. The van der Waals surface area contributed by atoms with E-state index in [-0.39, 0.29) is 0 Å². The summed E-state index contributed by atoms with van der Waals surface area (Å²) < 4.78 is 7.03. The van der Waals surface area contributed by atoms with E-state index in [1.807, 2.05) is 13.1 Å². The molecular formula is C10H14N6O.